The Bertz CT molecular complexity index is 758. The number of nitrogens with zero attached hydrogens (tertiary/aromatic N) is 1. The summed E-state index contributed by atoms with van der Waals surface area (Å²) in [4.78, 5) is 4.21. The van der Waals surface area contributed by atoms with Gasteiger partial charge in [-0.25, -0.2) is 8.78 Å². The normalized spacial score (nSPS) is 18.7. The average molecular weight is 360 g/mol. The standard InChI is InChI=1S/C20H26F2N4/c1-13-10-15(4-5-16(13)6-8-20(3,21)22)11-25-12-17-18(24)7-9-26-19(17)14(2)23/h4-5,7,9-10,12,18,25H,2,6,8,11,23-24H2,1,3H3/b17-12+. The molecule has 140 valence electrons. The molecule has 1 atom stereocenters. The van der Waals surface area contributed by atoms with Gasteiger partial charge in [-0.2, -0.15) is 0 Å². The molecule has 1 unspecified atom stereocenters. The van der Waals surface area contributed by atoms with Crippen molar-refractivity contribution in [3.8, 4) is 0 Å². The predicted octanol–water partition coefficient (Wildman–Crippen LogP) is 3.32. The number of halogens is 2. The molecule has 1 aromatic carbocycles. The molecule has 0 aromatic heterocycles. The van der Waals surface area contributed by atoms with E-state index in [2.05, 4.69) is 16.9 Å². The van der Waals surface area contributed by atoms with Crippen LogP contribution < -0.4 is 16.8 Å². The van der Waals surface area contributed by atoms with Crippen LogP contribution in [0.4, 0.5) is 8.78 Å². The third-order valence-corrected chi connectivity index (χ3v) is 4.24. The molecule has 0 radical (unpaired) electrons. The smallest absolute Gasteiger partial charge is 0.245 e. The van der Waals surface area contributed by atoms with Crippen LogP contribution in [0.3, 0.4) is 0 Å². The first-order chi connectivity index (χ1) is 12.2. The monoisotopic (exact) mass is 360 g/mol. The van der Waals surface area contributed by atoms with Gasteiger partial charge in [0.1, 0.15) is 0 Å². The van der Waals surface area contributed by atoms with E-state index in [4.69, 9.17) is 11.5 Å². The highest BCUT2D eigenvalue weighted by atomic mass is 19.3. The highest BCUT2D eigenvalue weighted by Gasteiger charge is 2.21. The van der Waals surface area contributed by atoms with Gasteiger partial charge >= 0.3 is 0 Å². The third-order valence-electron chi connectivity index (χ3n) is 4.24. The number of aryl methyl sites for hydroxylation is 2. The largest absolute Gasteiger partial charge is 0.397 e. The predicted molar refractivity (Wildman–Crippen MR) is 103 cm³/mol. The fourth-order valence-corrected chi connectivity index (χ4v) is 2.76. The number of nitrogens with two attached hydrogens (primary N) is 2. The Hall–Kier alpha value is -2.47. The minimum absolute atomic E-state index is 0.145. The summed E-state index contributed by atoms with van der Waals surface area (Å²) in [5.41, 5.74) is 16.6. The van der Waals surface area contributed by atoms with Crippen LogP contribution in [0.25, 0.3) is 0 Å². The molecule has 1 aliphatic heterocycles. The molecule has 1 aromatic rings. The molecular weight excluding hydrogens is 334 g/mol. The van der Waals surface area contributed by atoms with Crippen molar-refractivity contribution in [3.63, 3.8) is 0 Å². The lowest BCUT2D eigenvalue weighted by molar-refractivity contribution is 0.0133. The maximum absolute atomic E-state index is 13.0. The van der Waals surface area contributed by atoms with Crippen molar-refractivity contribution in [1.82, 2.24) is 5.32 Å². The van der Waals surface area contributed by atoms with Crippen molar-refractivity contribution >= 4 is 5.71 Å². The van der Waals surface area contributed by atoms with E-state index >= 15 is 0 Å². The molecule has 5 N–H and O–H groups in total. The first kappa shape index (κ1) is 19.8. The molecule has 0 fully saturated rings. The summed E-state index contributed by atoms with van der Waals surface area (Å²) >= 11 is 0. The fraction of sp³-hybridized carbons (Fsp3) is 0.350. The molecular formula is C20H26F2N4. The molecule has 0 aliphatic carbocycles. The second kappa shape index (κ2) is 8.27. The van der Waals surface area contributed by atoms with Gasteiger partial charge in [0.2, 0.25) is 5.92 Å². The average Bonchev–Trinajstić information content (AvgIpc) is 2.54. The Kier molecular flexibility index (Phi) is 6.32. The lowest BCUT2D eigenvalue weighted by Crippen LogP contribution is -2.31. The molecule has 0 saturated heterocycles. The Morgan fingerprint density at radius 2 is 2.15 bits per heavy atom. The van der Waals surface area contributed by atoms with Crippen molar-refractivity contribution < 1.29 is 8.78 Å². The van der Waals surface area contributed by atoms with Crippen molar-refractivity contribution in [3.05, 3.63) is 71.2 Å². The summed E-state index contributed by atoms with van der Waals surface area (Å²) in [6.45, 7) is 7.19. The van der Waals surface area contributed by atoms with E-state index in [1.165, 1.54) is 0 Å². The van der Waals surface area contributed by atoms with Crippen molar-refractivity contribution in [2.45, 2.75) is 45.2 Å². The van der Waals surface area contributed by atoms with Gasteiger partial charge in [0, 0.05) is 30.9 Å². The van der Waals surface area contributed by atoms with Gasteiger partial charge in [0.15, 0.2) is 0 Å². The lowest BCUT2D eigenvalue weighted by Gasteiger charge is -2.18. The Morgan fingerprint density at radius 3 is 2.77 bits per heavy atom. The van der Waals surface area contributed by atoms with Gasteiger partial charge in [-0.1, -0.05) is 24.8 Å². The van der Waals surface area contributed by atoms with E-state index in [1.54, 1.807) is 18.5 Å². The van der Waals surface area contributed by atoms with Crippen LogP contribution in [-0.2, 0) is 13.0 Å². The van der Waals surface area contributed by atoms with Crippen molar-refractivity contribution in [1.29, 1.82) is 0 Å². The summed E-state index contributed by atoms with van der Waals surface area (Å²) in [6, 6.07) is 5.57. The van der Waals surface area contributed by atoms with Gasteiger partial charge < -0.3 is 16.8 Å². The van der Waals surface area contributed by atoms with E-state index in [9.17, 15) is 8.78 Å². The third kappa shape index (κ3) is 5.52. The van der Waals surface area contributed by atoms with Crippen LogP contribution in [-0.4, -0.2) is 17.7 Å². The number of alkyl halides is 2. The van der Waals surface area contributed by atoms with Gasteiger partial charge in [0.25, 0.3) is 0 Å². The molecule has 6 heteroatoms. The topological polar surface area (TPSA) is 76.4 Å². The minimum atomic E-state index is -2.64. The van der Waals surface area contributed by atoms with Crippen LogP contribution in [0.2, 0.25) is 0 Å². The van der Waals surface area contributed by atoms with Crippen molar-refractivity contribution in [2.75, 3.05) is 0 Å². The van der Waals surface area contributed by atoms with Crippen LogP contribution in [0.1, 0.15) is 30.0 Å². The number of hydrogen-bond acceptors (Lipinski definition) is 4. The van der Waals surface area contributed by atoms with Crippen LogP contribution in [0, 0.1) is 6.92 Å². The van der Waals surface area contributed by atoms with Gasteiger partial charge in [-0.15, -0.1) is 0 Å². The number of benzene rings is 1. The van der Waals surface area contributed by atoms with E-state index in [-0.39, 0.29) is 12.5 Å². The lowest BCUT2D eigenvalue weighted by atomic mass is 9.99. The number of rotatable bonds is 7. The first-order valence-electron chi connectivity index (χ1n) is 8.52. The highest BCUT2D eigenvalue weighted by Crippen LogP contribution is 2.22. The fourth-order valence-electron chi connectivity index (χ4n) is 2.76. The van der Waals surface area contributed by atoms with Crippen LogP contribution in [0.5, 0.6) is 0 Å². The summed E-state index contributed by atoms with van der Waals surface area (Å²) in [5.74, 6) is -2.64. The summed E-state index contributed by atoms with van der Waals surface area (Å²) in [6.07, 6.45) is 5.42. The Morgan fingerprint density at radius 1 is 1.42 bits per heavy atom. The maximum atomic E-state index is 13.0. The molecule has 1 heterocycles. The number of aliphatic imine (C=N–C) groups is 1. The van der Waals surface area contributed by atoms with E-state index in [0.29, 0.717) is 24.4 Å². The maximum Gasteiger partial charge on any atom is 0.245 e. The zero-order valence-corrected chi connectivity index (χ0v) is 15.2. The molecule has 0 spiro atoms. The zero-order valence-electron chi connectivity index (χ0n) is 15.2. The second-order valence-corrected chi connectivity index (χ2v) is 6.68. The van der Waals surface area contributed by atoms with Crippen molar-refractivity contribution in [2.24, 2.45) is 16.5 Å². The van der Waals surface area contributed by atoms with Gasteiger partial charge in [-0.05, 0) is 43.0 Å². The van der Waals surface area contributed by atoms with Gasteiger partial charge in [0.05, 0.1) is 17.5 Å². The molecule has 0 bridgehead atoms. The number of allylic oxidation sites excluding steroid dienone is 1. The molecule has 1 aliphatic rings. The van der Waals surface area contributed by atoms with Crippen LogP contribution >= 0.6 is 0 Å². The second-order valence-electron chi connectivity index (χ2n) is 6.68. The number of nitrogens with one attached hydrogen (secondary N) is 1. The summed E-state index contributed by atoms with van der Waals surface area (Å²) in [5, 5.41) is 3.22. The quantitative estimate of drug-likeness (QED) is 0.698. The highest BCUT2D eigenvalue weighted by molar-refractivity contribution is 6.13. The molecule has 0 amide bonds. The molecule has 2 rings (SSSR count). The Balaban J connectivity index is 2.01. The van der Waals surface area contributed by atoms with E-state index in [1.807, 2.05) is 25.1 Å². The first-order valence-corrected chi connectivity index (χ1v) is 8.52. The molecule has 26 heavy (non-hydrogen) atoms. The van der Waals surface area contributed by atoms with Gasteiger partial charge in [-0.3, -0.25) is 4.99 Å². The summed E-state index contributed by atoms with van der Waals surface area (Å²) < 4.78 is 26.1. The molecule has 4 nitrogen and oxygen atoms in total. The SMILES string of the molecule is C=C(N)C1=NC=CC(N)/C1=C\NCc1ccc(CCC(C)(F)F)c(C)c1. The minimum Gasteiger partial charge on any atom is -0.397 e. The number of hydrogen-bond donors (Lipinski definition) is 3. The zero-order chi connectivity index (χ0) is 19.3. The molecule has 0 saturated carbocycles. The van der Waals surface area contributed by atoms with E-state index < -0.39 is 5.92 Å². The van der Waals surface area contributed by atoms with Crippen LogP contribution in [0.15, 0.2) is 59.5 Å². The Labute approximate surface area is 153 Å². The summed E-state index contributed by atoms with van der Waals surface area (Å²) in [7, 11) is 0. The van der Waals surface area contributed by atoms with E-state index in [0.717, 1.165) is 29.2 Å².